The topological polar surface area (TPSA) is 55.6 Å². The molecular weight excluding hydrogens is 240 g/mol. The molecule has 1 aromatic carbocycles. The molecule has 0 bridgehead atoms. The van der Waals surface area contributed by atoms with Crippen LogP contribution in [0.5, 0.6) is 5.75 Å². The summed E-state index contributed by atoms with van der Waals surface area (Å²) in [4.78, 5) is 14.0. The lowest BCUT2D eigenvalue weighted by Crippen LogP contribution is -2.49. The van der Waals surface area contributed by atoms with E-state index >= 15 is 0 Å². The van der Waals surface area contributed by atoms with Crippen molar-refractivity contribution in [3.8, 4) is 5.75 Å². The number of hydrogen-bond acceptors (Lipinski definition) is 4. The van der Waals surface area contributed by atoms with Crippen molar-refractivity contribution in [2.75, 3.05) is 18.0 Å². The molecule has 1 heterocycles. The molecule has 0 aliphatic carbocycles. The molecule has 0 saturated heterocycles. The number of nitrogens with two attached hydrogens (primary N) is 1. The first-order valence-electron chi connectivity index (χ1n) is 6.67. The van der Waals surface area contributed by atoms with E-state index in [1.54, 1.807) is 6.07 Å². The Balaban J connectivity index is 2.46. The molecule has 0 fully saturated rings. The van der Waals surface area contributed by atoms with E-state index in [1.807, 2.05) is 12.1 Å². The van der Waals surface area contributed by atoms with Crippen LogP contribution >= 0.6 is 0 Å². The number of carbonyl (C=O) groups is 1. The van der Waals surface area contributed by atoms with E-state index in [2.05, 4.69) is 32.6 Å². The number of anilines is 1. The van der Waals surface area contributed by atoms with Crippen LogP contribution in [0.1, 0.15) is 38.1 Å². The number of fused-ring (bicyclic) bond motifs is 1. The number of rotatable bonds is 3. The molecule has 4 heteroatoms. The van der Waals surface area contributed by atoms with E-state index in [-0.39, 0.29) is 17.9 Å². The average Bonchev–Trinajstić information content (AvgIpc) is 2.35. The quantitative estimate of drug-likeness (QED) is 0.849. The van der Waals surface area contributed by atoms with Gasteiger partial charge in [0, 0.05) is 11.6 Å². The average molecular weight is 262 g/mol. The Labute approximate surface area is 114 Å². The molecule has 0 aromatic heterocycles. The molecule has 0 unspecified atom stereocenters. The minimum atomic E-state index is -0.226. The highest BCUT2D eigenvalue weighted by Gasteiger charge is 2.33. The van der Waals surface area contributed by atoms with Crippen LogP contribution in [-0.4, -0.2) is 30.5 Å². The maximum atomic E-state index is 11.7. The fourth-order valence-electron chi connectivity index (χ4n) is 2.41. The summed E-state index contributed by atoms with van der Waals surface area (Å²) in [6.45, 7) is 9.27. The maximum Gasteiger partial charge on any atom is 0.176 e. The normalized spacial score (nSPS) is 17.1. The van der Waals surface area contributed by atoms with Gasteiger partial charge >= 0.3 is 0 Å². The van der Waals surface area contributed by atoms with Crippen LogP contribution in [0.2, 0.25) is 0 Å². The SMILES string of the molecule is CC(C)N1CC(C)(C)Oc2ccc(C(=O)CN)cc21. The highest BCUT2D eigenvalue weighted by Crippen LogP contribution is 2.38. The Morgan fingerprint density at radius 3 is 2.74 bits per heavy atom. The van der Waals surface area contributed by atoms with Crippen LogP contribution in [0.3, 0.4) is 0 Å². The Morgan fingerprint density at radius 1 is 1.47 bits per heavy atom. The summed E-state index contributed by atoms with van der Waals surface area (Å²) in [5, 5.41) is 0. The van der Waals surface area contributed by atoms with Crippen LogP contribution in [0.15, 0.2) is 18.2 Å². The molecule has 0 amide bonds. The van der Waals surface area contributed by atoms with Crippen LogP contribution < -0.4 is 15.4 Å². The van der Waals surface area contributed by atoms with Crippen molar-refractivity contribution in [3.63, 3.8) is 0 Å². The highest BCUT2D eigenvalue weighted by atomic mass is 16.5. The molecule has 4 nitrogen and oxygen atoms in total. The summed E-state index contributed by atoms with van der Waals surface area (Å²) < 4.78 is 5.98. The second-order valence-electron chi connectivity index (χ2n) is 5.89. The Hall–Kier alpha value is -1.55. The number of ketones is 1. The molecule has 104 valence electrons. The van der Waals surface area contributed by atoms with Crippen LogP contribution in [0, 0.1) is 0 Å². The van der Waals surface area contributed by atoms with E-state index in [0.29, 0.717) is 11.6 Å². The van der Waals surface area contributed by atoms with Gasteiger partial charge in [-0.15, -0.1) is 0 Å². The third kappa shape index (κ3) is 2.73. The Bertz CT molecular complexity index is 495. The fraction of sp³-hybridized carbons (Fsp3) is 0.533. The summed E-state index contributed by atoms with van der Waals surface area (Å²) >= 11 is 0. The molecule has 1 aliphatic heterocycles. The minimum absolute atomic E-state index is 0.0345. The van der Waals surface area contributed by atoms with Crippen LogP contribution in [0.4, 0.5) is 5.69 Å². The zero-order valence-corrected chi connectivity index (χ0v) is 12.1. The van der Waals surface area contributed by atoms with Gasteiger partial charge in [-0.25, -0.2) is 0 Å². The van der Waals surface area contributed by atoms with Crippen molar-refractivity contribution in [3.05, 3.63) is 23.8 Å². The largest absolute Gasteiger partial charge is 0.484 e. The molecule has 0 spiro atoms. The summed E-state index contributed by atoms with van der Waals surface area (Å²) in [5.74, 6) is 0.787. The lowest BCUT2D eigenvalue weighted by Gasteiger charge is -2.43. The highest BCUT2D eigenvalue weighted by molar-refractivity contribution is 5.98. The summed E-state index contributed by atoms with van der Waals surface area (Å²) in [6, 6.07) is 5.90. The van der Waals surface area contributed by atoms with Gasteiger partial charge in [0.05, 0.1) is 18.8 Å². The molecule has 19 heavy (non-hydrogen) atoms. The van der Waals surface area contributed by atoms with Gasteiger partial charge in [-0.2, -0.15) is 0 Å². The van der Waals surface area contributed by atoms with Crippen molar-refractivity contribution < 1.29 is 9.53 Å². The Kier molecular flexibility index (Phi) is 3.54. The van der Waals surface area contributed by atoms with Crippen molar-refractivity contribution in [2.24, 2.45) is 5.73 Å². The molecular formula is C15H22N2O2. The molecule has 1 aliphatic rings. The second kappa shape index (κ2) is 4.85. The van der Waals surface area contributed by atoms with E-state index in [0.717, 1.165) is 18.0 Å². The minimum Gasteiger partial charge on any atom is -0.484 e. The number of carbonyl (C=O) groups excluding carboxylic acids is 1. The molecule has 2 rings (SSSR count). The van der Waals surface area contributed by atoms with Crippen molar-refractivity contribution in [1.29, 1.82) is 0 Å². The van der Waals surface area contributed by atoms with E-state index in [1.165, 1.54) is 0 Å². The number of nitrogens with zero attached hydrogens (tertiary/aromatic N) is 1. The summed E-state index contributed by atoms with van der Waals surface area (Å²) in [7, 11) is 0. The van der Waals surface area contributed by atoms with Gasteiger partial charge in [-0.1, -0.05) is 0 Å². The number of Topliss-reactive ketones (excluding diaryl/α,β-unsaturated/α-hetero) is 1. The third-order valence-electron chi connectivity index (χ3n) is 3.34. The predicted molar refractivity (Wildman–Crippen MR) is 77.0 cm³/mol. The van der Waals surface area contributed by atoms with Crippen LogP contribution in [0.25, 0.3) is 0 Å². The first-order chi connectivity index (χ1) is 8.84. The first kappa shape index (κ1) is 13.9. The smallest absolute Gasteiger partial charge is 0.176 e. The maximum absolute atomic E-state index is 11.7. The fourth-order valence-corrected chi connectivity index (χ4v) is 2.41. The van der Waals surface area contributed by atoms with Crippen molar-refractivity contribution in [1.82, 2.24) is 0 Å². The van der Waals surface area contributed by atoms with E-state index < -0.39 is 0 Å². The third-order valence-corrected chi connectivity index (χ3v) is 3.34. The van der Waals surface area contributed by atoms with E-state index in [9.17, 15) is 4.79 Å². The predicted octanol–water partition coefficient (Wildman–Crippen LogP) is 2.21. The molecule has 2 N–H and O–H groups in total. The monoisotopic (exact) mass is 262 g/mol. The van der Waals surface area contributed by atoms with Gasteiger partial charge in [0.1, 0.15) is 11.4 Å². The van der Waals surface area contributed by atoms with Gasteiger partial charge < -0.3 is 15.4 Å². The van der Waals surface area contributed by atoms with Gasteiger partial charge in [-0.3, -0.25) is 4.79 Å². The van der Waals surface area contributed by atoms with Gasteiger partial charge in [0.25, 0.3) is 0 Å². The summed E-state index contributed by atoms with van der Waals surface area (Å²) in [5.41, 5.74) is 6.83. The zero-order valence-electron chi connectivity index (χ0n) is 12.1. The van der Waals surface area contributed by atoms with Crippen molar-refractivity contribution in [2.45, 2.75) is 39.3 Å². The standard InChI is InChI=1S/C15H22N2O2/c1-10(2)17-9-15(3,4)19-14-6-5-11(7-12(14)17)13(18)8-16/h5-7,10H,8-9,16H2,1-4H3. The number of benzene rings is 1. The number of hydrogen-bond donors (Lipinski definition) is 1. The number of ether oxygens (including phenoxy) is 1. The van der Waals surface area contributed by atoms with Gasteiger partial charge in [0.15, 0.2) is 5.78 Å². The Morgan fingerprint density at radius 2 is 2.16 bits per heavy atom. The van der Waals surface area contributed by atoms with Crippen molar-refractivity contribution >= 4 is 11.5 Å². The lowest BCUT2D eigenvalue weighted by molar-refractivity contribution is 0.0997. The summed E-state index contributed by atoms with van der Waals surface area (Å²) in [6.07, 6.45) is 0. The molecule has 1 aromatic rings. The van der Waals surface area contributed by atoms with E-state index in [4.69, 9.17) is 10.5 Å². The van der Waals surface area contributed by atoms with Gasteiger partial charge in [0.2, 0.25) is 0 Å². The van der Waals surface area contributed by atoms with Crippen LogP contribution in [-0.2, 0) is 0 Å². The zero-order chi connectivity index (χ0) is 14.2. The van der Waals surface area contributed by atoms with Gasteiger partial charge in [-0.05, 0) is 45.9 Å². The first-order valence-corrected chi connectivity index (χ1v) is 6.67. The molecule has 0 saturated carbocycles. The molecule has 0 atom stereocenters. The lowest BCUT2D eigenvalue weighted by atomic mass is 10.0. The second-order valence-corrected chi connectivity index (χ2v) is 5.89. The molecule has 0 radical (unpaired) electrons.